The van der Waals surface area contributed by atoms with Gasteiger partial charge in [-0.3, -0.25) is 4.21 Å². The fourth-order valence-corrected chi connectivity index (χ4v) is 2.34. The molecule has 0 aromatic heterocycles. The Hall–Kier alpha value is -1.76. The minimum absolute atomic E-state index is 0.324. The number of carbonyl (C=O) groups is 1. The van der Waals surface area contributed by atoms with Crippen molar-refractivity contribution in [1.29, 1.82) is 0 Å². The van der Waals surface area contributed by atoms with Gasteiger partial charge in [0, 0.05) is 40.6 Å². The van der Waals surface area contributed by atoms with E-state index in [1.54, 1.807) is 18.2 Å². The summed E-state index contributed by atoms with van der Waals surface area (Å²) in [7, 11) is -0.871. The Morgan fingerprint density at radius 3 is 2.80 bits per heavy atom. The van der Waals surface area contributed by atoms with Crippen LogP contribution in [0.4, 0.5) is 10.5 Å². The van der Waals surface area contributed by atoms with Crippen molar-refractivity contribution >= 4 is 22.5 Å². The summed E-state index contributed by atoms with van der Waals surface area (Å²) in [5, 5.41) is 5.36. The van der Waals surface area contributed by atoms with Crippen LogP contribution in [0, 0.1) is 0 Å². The molecule has 0 radical (unpaired) electrons. The van der Waals surface area contributed by atoms with Crippen LogP contribution in [0.5, 0.6) is 11.5 Å². The largest absolute Gasteiger partial charge is 0.486 e. The maximum Gasteiger partial charge on any atom is 0.319 e. The van der Waals surface area contributed by atoms with E-state index in [4.69, 9.17) is 9.47 Å². The highest BCUT2D eigenvalue weighted by Crippen LogP contribution is 2.32. The normalized spacial score (nSPS) is 14.4. The Bertz CT molecular complexity index is 507. The first kappa shape index (κ1) is 14.6. The predicted molar refractivity (Wildman–Crippen MR) is 78.0 cm³/mol. The van der Waals surface area contributed by atoms with Gasteiger partial charge in [-0.05, 0) is 12.1 Å². The molecule has 1 atom stereocenters. The molecule has 1 heterocycles. The molecular formula is C13H18N2O4S. The fraction of sp³-hybridized carbons (Fsp3) is 0.462. The number of amides is 2. The molecule has 0 bridgehead atoms. The van der Waals surface area contributed by atoms with E-state index in [9.17, 15) is 9.00 Å². The number of fused-ring (bicyclic) bond motifs is 1. The summed E-state index contributed by atoms with van der Waals surface area (Å²) in [5.41, 5.74) is 0.628. The summed E-state index contributed by atoms with van der Waals surface area (Å²) in [4.78, 5) is 11.7. The summed E-state index contributed by atoms with van der Waals surface area (Å²) in [6.07, 6.45) is 0. The molecule has 20 heavy (non-hydrogen) atoms. The van der Waals surface area contributed by atoms with Crippen LogP contribution < -0.4 is 20.1 Å². The number of rotatable bonds is 5. The van der Waals surface area contributed by atoms with Gasteiger partial charge >= 0.3 is 6.03 Å². The molecule has 110 valence electrons. The van der Waals surface area contributed by atoms with Crippen molar-refractivity contribution in [2.45, 2.75) is 6.92 Å². The van der Waals surface area contributed by atoms with Crippen LogP contribution in [-0.2, 0) is 10.8 Å². The van der Waals surface area contributed by atoms with Crippen LogP contribution in [0.15, 0.2) is 18.2 Å². The second kappa shape index (κ2) is 7.14. The predicted octanol–water partition coefficient (Wildman–Crippen LogP) is 1.35. The monoisotopic (exact) mass is 298 g/mol. The maximum atomic E-state index is 11.7. The molecule has 2 amide bonds. The number of carbonyl (C=O) groups excluding carboxylic acids is 1. The highest BCUT2D eigenvalue weighted by atomic mass is 32.2. The first-order valence-electron chi connectivity index (χ1n) is 6.48. The minimum Gasteiger partial charge on any atom is -0.486 e. The zero-order valence-electron chi connectivity index (χ0n) is 11.3. The van der Waals surface area contributed by atoms with Crippen LogP contribution in [-0.4, -0.2) is 41.5 Å². The molecule has 0 saturated heterocycles. The Kier molecular flexibility index (Phi) is 5.23. The lowest BCUT2D eigenvalue weighted by atomic mass is 10.2. The Labute approximate surface area is 120 Å². The third-order valence-corrected chi connectivity index (χ3v) is 4.04. The lowest BCUT2D eigenvalue weighted by molar-refractivity contribution is 0.171. The van der Waals surface area contributed by atoms with Crippen LogP contribution in [0.3, 0.4) is 0 Å². The molecule has 1 aliphatic heterocycles. The van der Waals surface area contributed by atoms with Crippen molar-refractivity contribution in [3.05, 3.63) is 18.2 Å². The Balaban J connectivity index is 1.83. The Morgan fingerprint density at radius 1 is 1.30 bits per heavy atom. The van der Waals surface area contributed by atoms with E-state index in [-0.39, 0.29) is 6.03 Å². The van der Waals surface area contributed by atoms with Crippen molar-refractivity contribution in [1.82, 2.24) is 5.32 Å². The van der Waals surface area contributed by atoms with Gasteiger partial charge in [0.2, 0.25) is 0 Å². The summed E-state index contributed by atoms with van der Waals surface area (Å²) >= 11 is 0. The van der Waals surface area contributed by atoms with Crippen molar-refractivity contribution in [2.24, 2.45) is 0 Å². The quantitative estimate of drug-likeness (QED) is 0.860. The molecule has 1 aromatic rings. The van der Waals surface area contributed by atoms with E-state index in [1.807, 2.05) is 6.92 Å². The van der Waals surface area contributed by atoms with Crippen molar-refractivity contribution in [3.63, 3.8) is 0 Å². The zero-order valence-corrected chi connectivity index (χ0v) is 12.1. The van der Waals surface area contributed by atoms with E-state index < -0.39 is 10.8 Å². The molecule has 0 aliphatic carbocycles. The third-order valence-electron chi connectivity index (χ3n) is 2.74. The Morgan fingerprint density at radius 2 is 2.05 bits per heavy atom. The van der Waals surface area contributed by atoms with E-state index in [2.05, 4.69) is 10.6 Å². The van der Waals surface area contributed by atoms with Gasteiger partial charge in [-0.15, -0.1) is 0 Å². The number of hydrogen-bond acceptors (Lipinski definition) is 4. The van der Waals surface area contributed by atoms with Crippen LogP contribution in [0.25, 0.3) is 0 Å². The first-order valence-corrected chi connectivity index (χ1v) is 7.97. The van der Waals surface area contributed by atoms with E-state index >= 15 is 0 Å². The fourth-order valence-electron chi connectivity index (χ4n) is 1.72. The van der Waals surface area contributed by atoms with Crippen LogP contribution >= 0.6 is 0 Å². The molecule has 1 aromatic carbocycles. The van der Waals surface area contributed by atoms with Gasteiger partial charge in [0.05, 0.1) is 0 Å². The first-order chi connectivity index (χ1) is 9.69. The number of ether oxygens (including phenoxy) is 2. The summed E-state index contributed by atoms with van der Waals surface area (Å²) in [6, 6.07) is 4.90. The van der Waals surface area contributed by atoms with Gasteiger partial charge in [-0.2, -0.15) is 0 Å². The van der Waals surface area contributed by atoms with E-state index in [0.29, 0.717) is 48.5 Å². The number of urea groups is 1. The molecule has 0 saturated carbocycles. The average Bonchev–Trinajstić information content (AvgIpc) is 2.47. The van der Waals surface area contributed by atoms with Crippen molar-refractivity contribution in [3.8, 4) is 11.5 Å². The van der Waals surface area contributed by atoms with Gasteiger partial charge in [-0.1, -0.05) is 6.92 Å². The van der Waals surface area contributed by atoms with Crippen molar-refractivity contribution in [2.75, 3.05) is 36.6 Å². The number of anilines is 1. The molecule has 1 aliphatic rings. The molecule has 0 spiro atoms. The SMILES string of the molecule is CC[S@@](=O)CCNC(=O)Nc1ccc2c(c1)OCCO2. The molecule has 0 unspecified atom stereocenters. The topological polar surface area (TPSA) is 76.7 Å². The second-order valence-electron chi connectivity index (χ2n) is 4.17. The van der Waals surface area contributed by atoms with E-state index in [1.165, 1.54) is 0 Å². The highest BCUT2D eigenvalue weighted by molar-refractivity contribution is 7.84. The molecule has 6 nitrogen and oxygen atoms in total. The number of hydrogen-bond donors (Lipinski definition) is 2. The smallest absolute Gasteiger partial charge is 0.319 e. The van der Waals surface area contributed by atoms with Gasteiger partial charge in [0.1, 0.15) is 13.2 Å². The van der Waals surface area contributed by atoms with Crippen LogP contribution in [0.1, 0.15) is 6.92 Å². The minimum atomic E-state index is -0.871. The van der Waals surface area contributed by atoms with Crippen LogP contribution in [0.2, 0.25) is 0 Å². The second-order valence-corrected chi connectivity index (χ2v) is 6.04. The average molecular weight is 298 g/mol. The third kappa shape index (κ3) is 4.12. The summed E-state index contributed by atoms with van der Waals surface area (Å²) in [5.74, 6) is 2.37. The number of nitrogens with one attached hydrogen (secondary N) is 2. The maximum absolute atomic E-state index is 11.7. The van der Waals surface area contributed by atoms with E-state index in [0.717, 1.165) is 0 Å². The summed E-state index contributed by atoms with van der Waals surface area (Å²) < 4.78 is 22.1. The van der Waals surface area contributed by atoms with Gasteiger partial charge in [-0.25, -0.2) is 4.79 Å². The van der Waals surface area contributed by atoms with Gasteiger partial charge in [0.25, 0.3) is 0 Å². The molecule has 2 rings (SSSR count). The lowest BCUT2D eigenvalue weighted by Crippen LogP contribution is -2.32. The number of benzene rings is 1. The van der Waals surface area contributed by atoms with Gasteiger partial charge < -0.3 is 20.1 Å². The van der Waals surface area contributed by atoms with Crippen molar-refractivity contribution < 1.29 is 18.5 Å². The molecule has 0 fully saturated rings. The standard InChI is InChI=1S/C13H18N2O4S/c1-2-20(17)8-5-14-13(16)15-10-3-4-11-12(9-10)19-7-6-18-11/h3-4,9H,2,5-8H2,1H3,(H2,14,15,16)/t20-/m1/s1. The molecule has 2 N–H and O–H groups in total. The van der Waals surface area contributed by atoms with Gasteiger partial charge in [0.15, 0.2) is 11.5 Å². The summed E-state index contributed by atoms with van der Waals surface area (Å²) in [6.45, 7) is 3.28. The molecule has 7 heteroatoms. The molecular weight excluding hydrogens is 280 g/mol. The lowest BCUT2D eigenvalue weighted by Gasteiger charge is -2.19. The zero-order chi connectivity index (χ0) is 14.4. The highest BCUT2D eigenvalue weighted by Gasteiger charge is 2.12.